The Labute approximate surface area is 152 Å². The molecule has 1 saturated carbocycles. The number of fused-ring (bicyclic) bond motifs is 3. The maximum absolute atomic E-state index is 12.3. The van der Waals surface area contributed by atoms with E-state index in [0.29, 0.717) is 0 Å². The molecule has 2 N–H and O–H groups in total. The molecule has 0 aromatic heterocycles. The van der Waals surface area contributed by atoms with E-state index in [1.165, 1.54) is 0 Å². The first-order valence-electron chi connectivity index (χ1n) is 8.83. The molecule has 2 aromatic rings. The Balaban J connectivity index is 1.50. The minimum Gasteiger partial charge on any atom is -0.479 e. The first kappa shape index (κ1) is 16.6. The summed E-state index contributed by atoms with van der Waals surface area (Å²) in [7, 11) is 0. The number of carbonyl (C=O) groups excluding carboxylic acids is 1. The van der Waals surface area contributed by atoms with Crippen LogP contribution in [0.3, 0.4) is 0 Å². The molecule has 26 heavy (non-hydrogen) atoms. The Morgan fingerprint density at radius 2 is 1.50 bits per heavy atom. The molecule has 134 valence electrons. The number of amides is 1. The van der Waals surface area contributed by atoms with E-state index in [1.807, 2.05) is 50.2 Å². The highest BCUT2D eigenvalue weighted by molar-refractivity contribution is 5.89. The molecule has 2 unspecified atom stereocenters. The van der Waals surface area contributed by atoms with Crippen molar-refractivity contribution in [3.63, 3.8) is 0 Å². The first-order chi connectivity index (χ1) is 12.5. The average molecular weight is 351 g/mol. The molecule has 5 nitrogen and oxygen atoms in total. The molecule has 1 fully saturated rings. The summed E-state index contributed by atoms with van der Waals surface area (Å²) in [6, 6.07) is 16.2. The van der Waals surface area contributed by atoms with Gasteiger partial charge in [0.2, 0.25) is 0 Å². The second-order valence-electron chi connectivity index (χ2n) is 7.20. The number of ether oxygens (including phenoxy) is 1. The lowest BCUT2D eigenvalue weighted by atomic mass is 9.98. The van der Waals surface area contributed by atoms with Crippen molar-refractivity contribution in [2.24, 2.45) is 11.8 Å². The van der Waals surface area contributed by atoms with E-state index in [1.54, 1.807) is 0 Å². The third-order valence-electron chi connectivity index (χ3n) is 6.08. The van der Waals surface area contributed by atoms with Gasteiger partial charge in [-0.15, -0.1) is 0 Å². The van der Waals surface area contributed by atoms with Crippen LogP contribution in [-0.2, 0) is 9.53 Å². The second-order valence-corrected chi connectivity index (χ2v) is 7.20. The summed E-state index contributed by atoms with van der Waals surface area (Å²) in [5, 5.41) is 12.0. The molecule has 0 aliphatic heterocycles. The maximum atomic E-state index is 12.3. The highest BCUT2D eigenvalue weighted by Gasteiger charge is 2.66. The Bertz CT molecular complexity index is 838. The van der Waals surface area contributed by atoms with Gasteiger partial charge in [-0.3, -0.25) is 0 Å². The van der Waals surface area contributed by atoms with Crippen molar-refractivity contribution in [3.8, 4) is 11.1 Å². The van der Waals surface area contributed by atoms with Crippen molar-refractivity contribution in [2.45, 2.75) is 25.3 Å². The number of rotatable bonds is 4. The van der Waals surface area contributed by atoms with Gasteiger partial charge in [0.25, 0.3) is 0 Å². The van der Waals surface area contributed by atoms with Gasteiger partial charge in [0.1, 0.15) is 12.1 Å². The van der Waals surface area contributed by atoms with Gasteiger partial charge in [-0.25, -0.2) is 9.59 Å². The molecular weight excluding hydrogens is 330 g/mol. The smallest absolute Gasteiger partial charge is 0.408 e. The van der Waals surface area contributed by atoms with Crippen LogP contribution in [0.15, 0.2) is 48.5 Å². The lowest BCUT2D eigenvalue weighted by molar-refractivity contribution is -0.141. The molecule has 2 aliphatic carbocycles. The molecule has 2 aromatic carbocycles. The van der Waals surface area contributed by atoms with Crippen LogP contribution in [0.25, 0.3) is 11.1 Å². The van der Waals surface area contributed by atoms with E-state index in [0.717, 1.165) is 22.3 Å². The molecule has 4 rings (SSSR count). The second kappa shape index (κ2) is 5.87. The molecule has 0 saturated heterocycles. The van der Waals surface area contributed by atoms with Crippen LogP contribution in [-0.4, -0.2) is 29.3 Å². The van der Waals surface area contributed by atoms with Crippen molar-refractivity contribution < 1.29 is 19.4 Å². The van der Waals surface area contributed by atoms with Gasteiger partial charge in [-0.2, -0.15) is 0 Å². The standard InChI is InChI=1S/C21H21NO4/c1-12-13(2)21(12,19(23)24)22-20(25)26-11-18-16-9-5-3-7-14(16)15-8-4-6-10-17(15)18/h3-10,12-13,18H,11H2,1-2H3,(H,22,25)(H,23,24)/t12-,13?,21?/m1/s1. The normalized spacial score (nSPS) is 25.9. The number of carboxylic acids is 1. The molecule has 5 heteroatoms. The van der Waals surface area contributed by atoms with Crippen LogP contribution in [0.5, 0.6) is 0 Å². The highest BCUT2D eigenvalue weighted by Crippen LogP contribution is 2.50. The summed E-state index contributed by atoms with van der Waals surface area (Å²) in [5.74, 6) is -1.27. The van der Waals surface area contributed by atoms with Crippen molar-refractivity contribution >= 4 is 12.1 Å². The predicted octanol–water partition coefficient (Wildman–Crippen LogP) is 3.63. The largest absolute Gasteiger partial charge is 0.479 e. The number of aliphatic carboxylic acids is 1. The lowest BCUT2D eigenvalue weighted by Crippen LogP contribution is -2.46. The van der Waals surface area contributed by atoms with E-state index >= 15 is 0 Å². The number of carboxylic acid groups (broad SMARTS) is 1. The molecule has 1 amide bonds. The zero-order valence-electron chi connectivity index (χ0n) is 14.7. The minimum absolute atomic E-state index is 0.0389. The van der Waals surface area contributed by atoms with Crippen molar-refractivity contribution in [1.29, 1.82) is 0 Å². The average Bonchev–Trinajstić information content (AvgIpc) is 3.02. The third-order valence-corrected chi connectivity index (χ3v) is 6.08. The number of benzene rings is 2. The number of carbonyl (C=O) groups is 2. The van der Waals surface area contributed by atoms with Crippen molar-refractivity contribution in [3.05, 3.63) is 59.7 Å². The lowest BCUT2D eigenvalue weighted by Gasteiger charge is -2.18. The SMILES string of the molecule is CC1[C@@H](C)C1(NC(=O)OCC1c2ccccc2-c2ccccc21)C(=O)O. The highest BCUT2D eigenvalue weighted by atomic mass is 16.5. The fourth-order valence-electron chi connectivity index (χ4n) is 4.25. The van der Waals surface area contributed by atoms with E-state index in [-0.39, 0.29) is 24.4 Å². The summed E-state index contributed by atoms with van der Waals surface area (Å²) in [6.07, 6.45) is -0.675. The molecule has 0 spiro atoms. The van der Waals surface area contributed by atoms with Crippen molar-refractivity contribution in [2.75, 3.05) is 6.61 Å². The zero-order valence-corrected chi connectivity index (χ0v) is 14.7. The first-order valence-corrected chi connectivity index (χ1v) is 8.83. The van der Waals surface area contributed by atoms with E-state index in [9.17, 15) is 14.7 Å². The molecular formula is C21H21NO4. The Morgan fingerprint density at radius 3 is 1.96 bits per heavy atom. The maximum Gasteiger partial charge on any atom is 0.408 e. The summed E-state index contributed by atoms with van der Waals surface area (Å²) >= 11 is 0. The topological polar surface area (TPSA) is 75.6 Å². The molecule has 0 radical (unpaired) electrons. The van der Waals surface area contributed by atoms with E-state index in [4.69, 9.17) is 4.74 Å². The van der Waals surface area contributed by atoms with Crippen LogP contribution in [0, 0.1) is 11.8 Å². The third kappa shape index (κ3) is 2.30. The summed E-state index contributed by atoms with van der Waals surface area (Å²) in [6.45, 7) is 3.82. The summed E-state index contributed by atoms with van der Waals surface area (Å²) in [5.41, 5.74) is 3.36. The quantitative estimate of drug-likeness (QED) is 0.882. The minimum atomic E-state index is -1.21. The molecule has 0 heterocycles. The molecule has 0 bridgehead atoms. The summed E-state index contributed by atoms with van der Waals surface area (Å²) < 4.78 is 5.45. The summed E-state index contributed by atoms with van der Waals surface area (Å²) in [4.78, 5) is 23.8. The van der Waals surface area contributed by atoms with Crippen LogP contribution >= 0.6 is 0 Å². The van der Waals surface area contributed by atoms with Crippen LogP contribution in [0.2, 0.25) is 0 Å². The van der Waals surface area contributed by atoms with Gasteiger partial charge in [0, 0.05) is 5.92 Å². The Morgan fingerprint density at radius 1 is 1.00 bits per heavy atom. The van der Waals surface area contributed by atoms with Crippen LogP contribution < -0.4 is 5.32 Å². The zero-order chi connectivity index (χ0) is 18.5. The molecule has 3 atom stereocenters. The van der Waals surface area contributed by atoms with Gasteiger partial charge < -0.3 is 15.2 Å². The predicted molar refractivity (Wildman–Crippen MR) is 96.9 cm³/mol. The number of nitrogens with one attached hydrogen (secondary N) is 1. The van der Waals surface area contributed by atoms with Gasteiger partial charge in [0.05, 0.1) is 0 Å². The van der Waals surface area contributed by atoms with Gasteiger partial charge >= 0.3 is 12.1 Å². The van der Waals surface area contributed by atoms with Crippen LogP contribution in [0.1, 0.15) is 30.9 Å². The number of hydrogen-bond donors (Lipinski definition) is 2. The van der Waals surface area contributed by atoms with Gasteiger partial charge in [-0.05, 0) is 34.1 Å². The number of alkyl carbamates (subject to hydrolysis) is 1. The number of hydrogen-bond acceptors (Lipinski definition) is 3. The van der Waals surface area contributed by atoms with E-state index in [2.05, 4.69) is 17.4 Å². The van der Waals surface area contributed by atoms with Crippen LogP contribution in [0.4, 0.5) is 4.79 Å². The van der Waals surface area contributed by atoms with E-state index < -0.39 is 17.6 Å². The Hall–Kier alpha value is -2.82. The fourth-order valence-corrected chi connectivity index (χ4v) is 4.25. The van der Waals surface area contributed by atoms with Gasteiger partial charge in [0.15, 0.2) is 0 Å². The fraction of sp³-hybridized carbons (Fsp3) is 0.333. The van der Waals surface area contributed by atoms with Gasteiger partial charge in [-0.1, -0.05) is 62.4 Å². The monoisotopic (exact) mass is 351 g/mol. The molecule has 2 aliphatic rings. The van der Waals surface area contributed by atoms with Crippen molar-refractivity contribution in [1.82, 2.24) is 5.32 Å². The Kier molecular flexibility index (Phi) is 3.75.